The van der Waals surface area contributed by atoms with Crippen LogP contribution < -0.4 is 34.0 Å². The van der Waals surface area contributed by atoms with Gasteiger partial charge in [0.05, 0.1) is 17.0 Å². The SMILES string of the molecule is Nc1[nH]c(=O)[nH]c(=O)c1C(c1ccccc1F)c1c(N)[nH]c(=O)[nH]c1=O. The first-order valence-corrected chi connectivity index (χ1v) is 7.28. The third-order valence-electron chi connectivity index (χ3n) is 3.81. The fourth-order valence-corrected chi connectivity index (χ4v) is 2.77. The summed E-state index contributed by atoms with van der Waals surface area (Å²) in [6.07, 6.45) is 0. The maximum atomic E-state index is 14.4. The van der Waals surface area contributed by atoms with Gasteiger partial charge < -0.3 is 11.5 Å². The van der Waals surface area contributed by atoms with Crippen molar-refractivity contribution < 1.29 is 4.39 Å². The molecule has 3 rings (SSSR count). The van der Waals surface area contributed by atoms with E-state index in [0.717, 1.165) is 6.07 Å². The van der Waals surface area contributed by atoms with Crippen molar-refractivity contribution in [2.45, 2.75) is 5.92 Å². The number of nitrogens with two attached hydrogens (primary N) is 2. The van der Waals surface area contributed by atoms with E-state index in [2.05, 4.69) is 9.97 Å². The number of H-pyrrole nitrogens is 4. The van der Waals surface area contributed by atoms with E-state index >= 15 is 0 Å². The van der Waals surface area contributed by atoms with Crippen molar-refractivity contribution in [3.63, 3.8) is 0 Å². The Labute approximate surface area is 142 Å². The Morgan fingerprint density at radius 2 is 1.23 bits per heavy atom. The van der Waals surface area contributed by atoms with E-state index in [1.165, 1.54) is 18.2 Å². The maximum absolute atomic E-state index is 14.4. The highest BCUT2D eigenvalue weighted by Crippen LogP contribution is 2.33. The smallest absolute Gasteiger partial charge is 0.327 e. The first-order valence-electron chi connectivity index (χ1n) is 7.28. The number of aromatic amines is 4. The van der Waals surface area contributed by atoms with Crippen LogP contribution >= 0.6 is 0 Å². The molecule has 0 saturated heterocycles. The van der Waals surface area contributed by atoms with Crippen LogP contribution in [0.4, 0.5) is 16.0 Å². The van der Waals surface area contributed by atoms with Crippen LogP contribution in [0.5, 0.6) is 0 Å². The summed E-state index contributed by atoms with van der Waals surface area (Å²) < 4.78 is 14.4. The summed E-state index contributed by atoms with van der Waals surface area (Å²) in [5.74, 6) is -2.85. The molecule has 2 heterocycles. The third-order valence-corrected chi connectivity index (χ3v) is 3.81. The third kappa shape index (κ3) is 2.81. The lowest BCUT2D eigenvalue weighted by atomic mass is 9.86. The summed E-state index contributed by atoms with van der Waals surface area (Å²) in [6.45, 7) is 0. The molecule has 3 aromatic rings. The van der Waals surface area contributed by atoms with Crippen molar-refractivity contribution in [2.24, 2.45) is 0 Å². The van der Waals surface area contributed by atoms with Gasteiger partial charge in [0.2, 0.25) is 0 Å². The molecule has 8 N–H and O–H groups in total. The molecule has 0 bridgehead atoms. The molecule has 134 valence electrons. The summed E-state index contributed by atoms with van der Waals surface area (Å²) in [5, 5.41) is 0. The summed E-state index contributed by atoms with van der Waals surface area (Å²) >= 11 is 0. The predicted molar refractivity (Wildman–Crippen MR) is 91.5 cm³/mol. The lowest BCUT2D eigenvalue weighted by molar-refractivity contribution is 0.605. The topological polar surface area (TPSA) is 183 Å². The van der Waals surface area contributed by atoms with Crippen LogP contribution in [-0.2, 0) is 0 Å². The van der Waals surface area contributed by atoms with E-state index in [1.54, 1.807) is 0 Å². The average Bonchev–Trinajstić information content (AvgIpc) is 2.52. The van der Waals surface area contributed by atoms with Gasteiger partial charge >= 0.3 is 11.4 Å². The molecule has 10 nitrogen and oxygen atoms in total. The Kier molecular flexibility index (Phi) is 4.04. The highest BCUT2D eigenvalue weighted by Gasteiger charge is 2.30. The number of anilines is 2. The fourth-order valence-electron chi connectivity index (χ4n) is 2.77. The molecular formula is C15H13FN6O4. The zero-order chi connectivity index (χ0) is 19.0. The largest absolute Gasteiger partial charge is 0.385 e. The second kappa shape index (κ2) is 6.20. The zero-order valence-electron chi connectivity index (χ0n) is 13.1. The molecule has 0 aliphatic rings. The Morgan fingerprint density at radius 3 is 1.65 bits per heavy atom. The van der Waals surface area contributed by atoms with Gasteiger partial charge in [-0.25, -0.2) is 14.0 Å². The van der Waals surface area contributed by atoms with Gasteiger partial charge in [-0.1, -0.05) is 18.2 Å². The summed E-state index contributed by atoms with van der Waals surface area (Å²) in [5.41, 5.74) is 7.24. The maximum Gasteiger partial charge on any atom is 0.327 e. The van der Waals surface area contributed by atoms with Crippen molar-refractivity contribution in [1.82, 2.24) is 19.9 Å². The predicted octanol–water partition coefficient (Wildman–Crippen LogP) is -1.08. The molecule has 0 aliphatic heterocycles. The quantitative estimate of drug-likeness (QED) is 0.345. The van der Waals surface area contributed by atoms with E-state index < -0.39 is 34.2 Å². The van der Waals surface area contributed by atoms with Crippen molar-refractivity contribution in [3.05, 3.63) is 88.4 Å². The highest BCUT2D eigenvalue weighted by atomic mass is 19.1. The molecule has 11 heteroatoms. The molecule has 0 spiro atoms. The zero-order valence-corrected chi connectivity index (χ0v) is 13.1. The van der Waals surface area contributed by atoms with Crippen LogP contribution in [-0.4, -0.2) is 19.9 Å². The van der Waals surface area contributed by atoms with E-state index in [4.69, 9.17) is 11.5 Å². The molecule has 1 aromatic carbocycles. The minimum absolute atomic E-state index is 0.0963. The number of hydrogen-bond acceptors (Lipinski definition) is 6. The van der Waals surface area contributed by atoms with Gasteiger partial charge in [0.15, 0.2) is 0 Å². The molecule has 0 atom stereocenters. The van der Waals surface area contributed by atoms with Gasteiger partial charge in [0.25, 0.3) is 11.1 Å². The van der Waals surface area contributed by atoms with Crippen molar-refractivity contribution in [3.8, 4) is 0 Å². The van der Waals surface area contributed by atoms with Crippen LogP contribution in [0.1, 0.15) is 22.6 Å². The van der Waals surface area contributed by atoms with Crippen LogP contribution in [0.2, 0.25) is 0 Å². The number of aromatic nitrogens is 4. The minimum atomic E-state index is -1.38. The Hall–Kier alpha value is -3.89. The lowest BCUT2D eigenvalue weighted by Crippen LogP contribution is -2.34. The summed E-state index contributed by atoms with van der Waals surface area (Å²) in [7, 11) is 0. The molecule has 0 radical (unpaired) electrons. The van der Waals surface area contributed by atoms with E-state index in [9.17, 15) is 23.6 Å². The normalized spacial score (nSPS) is 11.0. The van der Waals surface area contributed by atoms with Gasteiger partial charge in [0.1, 0.15) is 17.5 Å². The van der Waals surface area contributed by atoms with Crippen LogP contribution in [0.25, 0.3) is 0 Å². The Bertz CT molecular complexity index is 1150. The molecule has 0 aliphatic carbocycles. The lowest BCUT2D eigenvalue weighted by Gasteiger charge is -2.19. The van der Waals surface area contributed by atoms with Crippen LogP contribution in [0.3, 0.4) is 0 Å². The molecule has 0 saturated carbocycles. The Balaban J connectivity index is 2.47. The number of benzene rings is 1. The van der Waals surface area contributed by atoms with E-state index in [1.807, 2.05) is 9.97 Å². The van der Waals surface area contributed by atoms with Crippen LogP contribution in [0, 0.1) is 5.82 Å². The monoisotopic (exact) mass is 360 g/mol. The first-order chi connectivity index (χ1) is 12.3. The van der Waals surface area contributed by atoms with E-state index in [0.29, 0.717) is 0 Å². The van der Waals surface area contributed by atoms with Gasteiger partial charge in [-0.2, -0.15) is 0 Å². The second-order valence-electron chi connectivity index (χ2n) is 5.43. The second-order valence-corrected chi connectivity index (χ2v) is 5.43. The number of halogens is 1. The Morgan fingerprint density at radius 1 is 0.769 bits per heavy atom. The van der Waals surface area contributed by atoms with Gasteiger partial charge in [-0.05, 0) is 6.07 Å². The first kappa shape index (κ1) is 17.0. The number of nitrogen functional groups attached to an aromatic ring is 2. The minimum Gasteiger partial charge on any atom is -0.385 e. The number of nitrogens with one attached hydrogen (secondary N) is 4. The summed E-state index contributed by atoms with van der Waals surface area (Å²) in [4.78, 5) is 55.8. The van der Waals surface area contributed by atoms with Gasteiger partial charge in [-0.3, -0.25) is 29.5 Å². The van der Waals surface area contributed by atoms with Crippen LogP contribution in [0.15, 0.2) is 43.4 Å². The summed E-state index contributed by atoms with van der Waals surface area (Å²) in [6, 6.07) is 5.34. The molecule has 26 heavy (non-hydrogen) atoms. The van der Waals surface area contributed by atoms with E-state index in [-0.39, 0.29) is 28.3 Å². The fraction of sp³-hybridized carbons (Fsp3) is 0.0667. The molecule has 0 fully saturated rings. The molecule has 0 amide bonds. The molecule has 2 aromatic heterocycles. The van der Waals surface area contributed by atoms with Gasteiger partial charge in [0, 0.05) is 5.56 Å². The highest BCUT2D eigenvalue weighted by molar-refractivity contribution is 5.55. The van der Waals surface area contributed by atoms with Crippen molar-refractivity contribution >= 4 is 11.6 Å². The number of hydrogen-bond donors (Lipinski definition) is 6. The van der Waals surface area contributed by atoms with Gasteiger partial charge in [-0.15, -0.1) is 0 Å². The molecular weight excluding hydrogens is 347 g/mol. The van der Waals surface area contributed by atoms with Crippen molar-refractivity contribution in [1.29, 1.82) is 0 Å². The number of rotatable bonds is 3. The standard InChI is InChI=1S/C15H13FN6O4/c16-6-4-2-1-3-5(6)7(8-10(17)19-14(25)21-12(8)23)9-11(18)20-15(26)22-13(9)24/h1-4,7H,(H4,17,19,21,23,25)(H4,18,20,22,24,26). The molecule has 0 unspecified atom stereocenters. The average molecular weight is 360 g/mol. The van der Waals surface area contributed by atoms with Crippen molar-refractivity contribution in [2.75, 3.05) is 11.5 Å².